The number of hydrogen-bond donors (Lipinski definition) is 1. The van der Waals surface area contributed by atoms with Crippen LogP contribution in [0.1, 0.15) is 0 Å². The van der Waals surface area contributed by atoms with E-state index < -0.39 is 0 Å². The normalized spacial score (nSPS) is 10.0. The first kappa shape index (κ1) is 8.43. The molecule has 0 aliphatic heterocycles. The summed E-state index contributed by atoms with van der Waals surface area (Å²) in [7, 11) is 0. The molecule has 70 valence electrons. The van der Waals surface area contributed by atoms with Crippen molar-refractivity contribution in [2.24, 2.45) is 0 Å². The van der Waals surface area contributed by atoms with Gasteiger partial charge in [0.05, 0.1) is 0 Å². The quantitative estimate of drug-likeness (QED) is 0.694. The van der Waals surface area contributed by atoms with Crippen LogP contribution in [-0.2, 0) is 0 Å². The molecule has 0 saturated carbocycles. The second-order valence-electron chi connectivity index (χ2n) is 2.71. The first-order valence-electron chi connectivity index (χ1n) is 4.03. The largest absolute Gasteiger partial charge is 0.384 e. The average Bonchev–Trinajstić information content (AvgIpc) is 2.18. The third kappa shape index (κ3) is 1.47. The minimum Gasteiger partial charge on any atom is -0.384 e. The zero-order chi connectivity index (χ0) is 9.97. The highest BCUT2D eigenvalue weighted by Gasteiger charge is 1.99. The molecule has 2 aromatic rings. The molecule has 0 atom stereocenters. The van der Waals surface area contributed by atoms with E-state index >= 15 is 0 Å². The highest BCUT2D eigenvalue weighted by molar-refractivity contribution is 5.35. The van der Waals surface area contributed by atoms with E-state index in [1.54, 1.807) is 24.4 Å². The van der Waals surface area contributed by atoms with Gasteiger partial charge in [-0.05, 0) is 6.07 Å². The van der Waals surface area contributed by atoms with Crippen LogP contribution in [0, 0.1) is 0 Å². The lowest BCUT2D eigenvalue weighted by Crippen LogP contribution is -2.17. The molecule has 5 heteroatoms. The Balaban J connectivity index is 2.61. The van der Waals surface area contributed by atoms with E-state index in [-0.39, 0.29) is 5.56 Å². The van der Waals surface area contributed by atoms with Gasteiger partial charge >= 0.3 is 0 Å². The van der Waals surface area contributed by atoms with Crippen LogP contribution in [0.2, 0.25) is 0 Å². The molecule has 2 heterocycles. The Kier molecular flexibility index (Phi) is 1.98. The van der Waals surface area contributed by atoms with E-state index in [0.717, 1.165) is 0 Å². The molecule has 0 aliphatic rings. The van der Waals surface area contributed by atoms with Crippen LogP contribution in [0.5, 0.6) is 0 Å². The molecular weight excluding hydrogens is 180 g/mol. The summed E-state index contributed by atoms with van der Waals surface area (Å²) in [6, 6.07) is 6.42. The van der Waals surface area contributed by atoms with Crippen molar-refractivity contribution in [3.05, 3.63) is 47.1 Å². The molecule has 0 radical (unpaired) electrons. The van der Waals surface area contributed by atoms with Gasteiger partial charge < -0.3 is 5.73 Å². The van der Waals surface area contributed by atoms with E-state index in [9.17, 15) is 4.79 Å². The monoisotopic (exact) mass is 188 g/mol. The van der Waals surface area contributed by atoms with Gasteiger partial charge in [0.1, 0.15) is 18.0 Å². The van der Waals surface area contributed by atoms with E-state index in [4.69, 9.17) is 5.73 Å². The zero-order valence-corrected chi connectivity index (χ0v) is 7.29. The van der Waals surface area contributed by atoms with Crippen molar-refractivity contribution in [2.75, 3.05) is 5.73 Å². The molecular formula is C9H8N4O. The predicted molar refractivity (Wildman–Crippen MR) is 52.0 cm³/mol. The molecule has 0 aromatic carbocycles. The van der Waals surface area contributed by atoms with Crippen molar-refractivity contribution in [1.82, 2.24) is 14.5 Å². The van der Waals surface area contributed by atoms with Gasteiger partial charge in [0.15, 0.2) is 0 Å². The van der Waals surface area contributed by atoms with Gasteiger partial charge in [-0.2, -0.15) is 0 Å². The second-order valence-corrected chi connectivity index (χ2v) is 2.71. The fourth-order valence-corrected chi connectivity index (χ4v) is 1.11. The van der Waals surface area contributed by atoms with Gasteiger partial charge in [0, 0.05) is 18.3 Å². The van der Waals surface area contributed by atoms with E-state index in [1.165, 1.54) is 17.0 Å². The molecule has 0 amide bonds. The fraction of sp³-hybridized carbons (Fsp3) is 0. The number of nitrogens with zero attached hydrogens (tertiary/aromatic N) is 3. The van der Waals surface area contributed by atoms with E-state index in [1.807, 2.05) is 0 Å². The Morgan fingerprint density at radius 1 is 1.29 bits per heavy atom. The first-order chi connectivity index (χ1) is 6.77. The van der Waals surface area contributed by atoms with Crippen molar-refractivity contribution in [3.63, 3.8) is 0 Å². The minimum atomic E-state index is -0.148. The summed E-state index contributed by atoms with van der Waals surface area (Å²) in [6.45, 7) is 0. The molecule has 0 bridgehead atoms. The van der Waals surface area contributed by atoms with Crippen molar-refractivity contribution in [1.29, 1.82) is 0 Å². The molecule has 0 saturated heterocycles. The van der Waals surface area contributed by atoms with E-state index in [0.29, 0.717) is 11.6 Å². The van der Waals surface area contributed by atoms with Crippen LogP contribution >= 0.6 is 0 Å². The number of anilines is 1. The molecule has 14 heavy (non-hydrogen) atoms. The molecule has 0 spiro atoms. The molecule has 0 fully saturated rings. The summed E-state index contributed by atoms with van der Waals surface area (Å²) in [6.07, 6.45) is 2.95. The van der Waals surface area contributed by atoms with Gasteiger partial charge in [-0.3, -0.25) is 9.36 Å². The van der Waals surface area contributed by atoms with Crippen molar-refractivity contribution >= 4 is 5.82 Å². The Morgan fingerprint density at radius 3 is 2.86 bits per heavy atom. The molecule has 0 unspecified atom stereocenters. The van der Waals surface area contributed by atoms with Gasteiger partial charge in [-0.25, -0.2) is 9.97 Å². The van der Waals surface area contributed by atoms with Gasteiger partial charge in [-0.15, -0.1) is 0 Å². The Hall–Kier alpha value is -2.17. The summed E-state index contributed by atoms with van der Waals surface area (Å²) < 4.78 is 1.40. The number of rotatable bonds is 1. The Labute approximate surface area is 79.9 Å². The molecule has 2 N–H and O–H groups in total. The van der Waals surface area contributed by atoms with Crippen molar-refractivity contribution in [2.45, 2.75) is 0 Å². The topological polar surface area (TPSA) is 73.8 Å². The van der Waals surface area contributed by atoms with Crippen LogP contribution in [-0.4, -0.2) is 14.5 Å². The maximum Gasteiger partial charge on any atom is 0.256 e. The summed E-state index contributed by atoms with van der Waals surface area (Å²) in [5.41, 5.74) is 5.33. The number of aromatic nitrogens is 3. The predicted octanol–water partition coefficient (Wildman–Crippen LogP) is 0.210. The summed E-state index contributed by atoms with van der Waals surface area (Å²) >= 11 is 0. The van der Waals surface area contributed by atoms with Gasteiger partial charge in [0.25, 0.3) is 5.56 Å². The minimum absolute atomic E-state index is 0.148. The van der Waals surface area contributed by atoms with E-state index in [2.05, 4.69) is 9.97 Å². The van der Waals surface area contributed by atoms with Crippen LogP contribution in [0.4, 0.5) is 5.82 Å². The Morgan fingerprint density at radius 2 is 2.14 bits per heavy atom. The van der Waals surface area contributed by atoms with Crippen LogP contribution in [0.3, 0.4) is 0 Å². The third-order valence-electron chi connectivity index (χ3n) is 1.74. The maximum absolute atomic E-state index is 11.4. The molecule has 2 aromatic heterocycles. The number of nitrogen functional groups attached to an aromatic ring is 1. The highest BCUT2D eigenvalue weighted by atomic mass is 16.1. The second kappa shape index (κ2) is 3.29. The van der Waals surface area contributed by atoms with Gasteiger partial charge in [-0.1, -0.05) is 6.07 Å². The zero-order valence-electron chi connectivity index (χ0n) is 7.29. The third-order valence-corrected chi connectivity index (χ3v) is 1.74. The average molecular weight is 188 g/mol. The summed E-state index contributed by atoms with van der Waals surface area (Å²) in [4.78, 5) is 19.1. The van der Waals surface area contributed by atoms with Crippen LogP contribution in [0.25, 0.3) is 5.82 Å². The number of hydrogen-bond acceptors (Lipinski definition) is 4. The summed E-state index contributed by atoms with van der Waals surface area (Å²) in [5.74, 6) is 0.814. The Bertz CT molecular complexity index is 506. The summed E-state index contributed by atoms with van der Waals surface area (Å²) in [5, 5.41) is 0. The van der Waals surface area contributed by atoms with Crippen LogP contribution in [0.15, 0.2) is 41.6 Å². The van der Waals surface area contributed by atoms with Crippen molar-refractivity contribution < 1.29 is 0 Å². The maximum atomic E-state index is 11.4. The number of nitrogens with two attached hydrogens (primary N) is 1. The SMILES string of the molecule is Nc1cc(-n2ccccc2=O)ncn1. The molecule has 0 aliphatic carbocycles. The molecule has 2 rings (SSSR count). The lowest BCUT2D eigenvalue weighted by molar-refractivity contribution is 0.928. The lowest BCUT2D eigenvalue weighted by atomic mass is 10.4. The standard InChI is InChI=1S/C9H8N4O/c10-7-5-8(12-6-11-7)13-4-2-1-3-9(13)14/h1-6H,(H2,10,11,12). The van der Waals surface area contributed by atoms with Crippen LogP contribution < -0.4 is 11.3 Å². The first-order valence-corrected chi connectivity index (χ1v) is 4.03. The molecule has 5 nitrogen and oxygen atoms in total. The fourth-order valence-electron chi connectivity index (χ4n) is 1.11. The lowest BCUT2D eigenvalue weighted by Gasteiger charge is -2.02. The highest BCUT2D eigenvalue weighted by Crippen LogP contribution is 2.02. The number of pyridine rings is 1. The van der Waals surface area contributed by atoms with Gasteiger partial charge in [0.2, 0.25) is 0 Å². The van der Waals surface area contributed by atoms with Crippen molar-refractivity contribution in [3.8, 4) is 5.82 Å². The smallest absolute Gasteiger partial charge is 0.256 e.